The van der Waals surface area contributed by atoms with E-state index < -0.39 is 54.5 Å². The summed E-state index contributed by atoms with van der Waals surface area (Å²) < 4.78 is 168. The third-order valence-electron chi connectivity index (χ3n) is 3.46. The highest BCUT2D eigenvalue weighted by Crippen LogP contribution is 2.67. The fourth-order valence-electron chi connectivity index (χ4n) is 2.10. The lowest BCUT2D eigenvalue weighted by molar-refractivity contribution is -0.411. The van der Waals surface area contributed by atoms with E-state index in [-0.39, 0.29) is 0 Å². The van der Waals surface area contributed by atoms with Crippen molar-refractivity contribution in [3.8, 4) is 0 Å². The molecule has 1 aliphatic rings. The predicted octanol–water partition coefficient (Wildman–Crippen LogP) is 4.58. The van der Waals surface area contributed by atoms with Gasteiger partial charge in [-0.2, -0.15) is 17.6 Å². The maximum atomic E-state index is 13.6. The molecule has 2 unspecified atom stereocenters. The summed E-state index contributed by atoms with van der Waals surface area (Å²) in [5.74, 6) is -13.7. The Hall–Kier alpha value is -0.910. The molecule has 0 saturated heterocycles. The van der Waals surface area contributed by atoms with Gasteiger partial charge in [-0.15, -0.1) is 0 Å². The van der Waals surface area contributed by atoms with Crippen molar-refractivity contribution in [3.63, 3.8) is 0 Å². The Morgan fingerprint density at radius 3 is 0.955 bits per heavy atom. The van der Waals surface area contributed by atoms with Gasteiger partial charge in [-0.25, -0.2) is 39.5 Å². The molecule has 0 aliphatic heterocycles. The van der Waals surface area contributed by atoms with E-state index in [0.717, 1.165) is 0 Å². The third-order valence-corrected chi connectivity index (χ3v) is 3.46. The molecule has 0 N–H and O–H groups in total. The average molecular weight is 360 g/mol. The molecule has 0 spiro atoms. The smallest absolute Gasteiger partial charge is 0.231 e. The van der Waals surface area contributed by atoms with E-state index in [9.17, 15) is 57.1 Å². The summed E-state index contributed by atoms with van der Waals surface area (Å²) in [5.41, 5.74) is -18.9. The first-order valence-electron chi connectivity index (χ1n) is 5.21. The van der Waals surface area contributed by atoms with Crippen LogP contribution < -0.4 is 0 Å². The summed E-state index contributed by atoms with van der Waals surface area (Å²) in [4.78, 5) is 0. The van der Waals surface area contributed by atoms with E-state index in [1.807, 2.05) is 0 Å². The van der Waals surface area contributed by atoms with Gasteiger partial charge in [0.15, 0.2) is 0 Å². The van der Waals surface area contributed by atoms with E-state index in [2.05, 4.69) is 0 Å². The molecule has 0 bridgehead atoms. The highest BCUT2D eigenvalue weighted by Gasteiger charge is 2.94. The summed E-state index contributed by atoms with van der Waals surface area (Å²) in [7, 11) is 0. The molecule has 0 nitrogen and oxygen atoms in total. The van der Waals surface area contributed by atoms with Crippen molar-refractivity contribution < 1.29 is 57.1 Å². The average Bonchev–Trinajstić information content (AvgIpc) is 2.34. The zero-order chi connectivity index (χ0) is 17.9. The number of hydrogen-bond acceptors (Lipinski definition) is 0. The first kappa shape index (κ1) is 19.1. The molecular weight excluding hydrogens is 355 g/mol. The molecule has 22 heavy (non-hydrogen) atoms. The highest BCUT2D eigenvalue weighted by atomic mass is 19.3. The quantitative estimate of drug-likeness (QED) is 0.647. The molecule has 0 heterocycles. The van der Waals surface area contributed by atoms with Crippen LogP contribution in [0, 0.1) is 0 Å². The lowest BCUT2D eigenvalue weighted by atomic mass is 9.64. The number of alkyl halides is 13. The van der Waals surface area contributed by atoms with Gasteiger partial charge in [-0.3, -0.25) is 0 Å². The van der Waals surface area contributed by atoms with E-state index in [0.29, 0.717) is 0 Å². The second-order valence-corrected chi connectivity index (χ2v) is 4.66. The van der Waals surface area contributed by atoms with Gasteiger partial charge >= 0.3 is 17.5 Å². The zero-order valence-corrected chi connectivity index (χ0v) is 9.85. The van der Waals surface area contributed by atoms with E-state index >= 15 is 0 Å². The first-order chi connectivity index (χ1) is 9.54. The number of halogens is 13. The minimum atomic E-state index is -6.91. The normalized spacial score (nSPS) is 41.5. The van der Waals surface area contributed by atoms with Crippen molar-refractivity contribution >= 4 is 0 Å². The van der Waals surface area contributed by atoms with Gasteiger partial charge in [0, 0.05) is 6.42 Å². The monoisotopic (exact) mass is 360 g/mol. The van der Waals surface area contributed by atoms with Crippen molar-refractivity contribution in [2.75, 3.05) is 0 Å². The Kier molecular flexibility index (Phi) is 4.17. The van der Waals surface area contributed by atoms with Gasteiger partial charge in [0.2, 0.25) is 11.3 Å². The molecule has 0 radical (unpaired) electrons. The van der Waals surface area contributed by atoms with Crippen molar-refractivity contribution in [1.29, 1.82) is 0 Å². The van der Waals surface area contributed by atoms with Gasteiger partial charge in [0.05, 0.1) is 0 Å². The van der Waals surface area contributed by atoms with Crippen LogP contribution in [-0.2, 0) is 0 Å². The molecule has 1 saturated carbocycles. The number of hydrogen-bond donors (Lipinski definition) is 0. The summed E-state index contributed by atoms with van der Waals surface area (Å²) >= 11 is 0. The van der Waals surface area contributed by atoms with Crippen molar-refractivity contribution in [2.45, 2.75) is 54.5 Å². The molecule has 132 valence electrons. The number of rotatable bonds is 3. The molecular formula is C9H5F13. The topological polar surface area (TPSA) is 0 Å². The molecule has 0 amide bonds. The molecule has 1 fully saturated rings. The van der Waals surface area contributed by atoms with Crippen LogP contribution in [0.1, 0.15) is 6.42 Å². The Balaban J connectivity index is 3.79. The van der Waals surface area contributed by atoms with Crippen molar-refractivity contribution in [2.24, 2.45) is 0 Å². The minimum Gasteiger partial charge on any atom is -0.231 e. The second-order valence-electron chi connectivity index (χ2n) is 4.66. The lowest BCUT2D eigenvalue weighted by Gasteiger charge is -2.53. The van der Waals surface area contributed by atoms with Crippen LogP contribution in [0.5, 0.6) is 0 Å². The Morgan fingerprint density at radius 2 is 0.773 bits per heavy atom. The maximum absolute atomic E-state index is 13.6. The molecule has 2 atom stereocenters. The van der Waals surface area contributed by atoms with Gasteiger partial charge < -0.3 is 0 Å². The first-order valence-corrected chi connectivity index (χ1v) is 5.21. The SMILES string of the molecule is FC(F)C1(F)CC(F)(C(F)F)C(F)(F)C(F)(C(F)F)C1(F)F. The minimum absolute atomic E-state index is 3.58. The van der Waals surface area contributed by atoms with Gasteiger partial charge in [-0.1, -0.05) is 0 Å². The Morgan fingerprint density at radius 1 is 0.500 bits per heavy atom. The molecule has 13 heteroatoms. The van der Waals surface area contributed by atoms with Crippen molar-refractivity contribution in [3.05, 3.63) is 0 Å². The summed E-state index contributed by atoms with van der Waals surface area (Å²) in [6.07, 6.45) is -19.6. The molecule has 0 aromatic rings. The molecule has 1 rings (SSSR count). The van der Waals surface area contributed by atoms with Crippen LogP contribution in [0.25, 0.3) is 0 Å². The fraction of sp³-hybridized carbons (Fsp3) is 1.00. The van der Waals surface area contributed by atoms with Crippen molar-refractivity contribution in [1.82, 2.24) is 0 Å². The van der Waals surface area contributed by atoms with Crippen LogP contribution >= 0.6 is 0 Å². The van der Waals surface area contributed by atoms with Crippen LogP contribution in [0.4, 0.5) is 57.1 Å². The van der Waals surface area contributed by atoms with Crippen LogP contribution in [0.2, 0.25) is 0 Å². The second kappa shape index (κ2) is 4.79. The van der Waals surface area contributed by atoms with Gasteiger partial charge in [0.1, 0.15) is 0 Å². The van der Waals surface area contributed by atoms with E-state index in [1.54, 1.807) is 0 Å². The Bertz CT molecular complexity index is 399. The molecule has 0 aromatic heterocycles. The lowest BCUT2D eigenvalue weighted by Crippen LogP contribution is -2.82. The maximum Gasteiger partial charge on any atom is 0.332 e. The van der Waals surface area contributed by atoms with Crippen LogP contribution in [-0.4, -0.2) is 48.1 Å². The summed E-state index contributed by atoms with van der Waals surface area (Å²) in [6, 6.07) is 0. The van der Waals surface area contributed by atoms with Gasteiger partial charge in [-0.05, 0) is 0 Å². The standard InChI is InChI=1S/C9H5F13/c10-2(11)5(16)1-6(17,3(12)13)9(21,22)7(18,4(14)15)8(5,19)20/h2-4H,1H2. The van der Waals surface area contributed by atoms with E-state index in [4.69, 9.17) is 0 Å². The highest BCUT2D eigenvalue weighted by molar-refractivity contribution is 5.27. The van der Waals surface area contributed by atoms with Crippen LogP contribution in [0.15, 0.2) is 0 Å². The predicted molar refractivity (Wildman–Crippen MR) is 44.0 cm³/mol. The molecule has 0 aromatic carbocycles. The fourth-order valence-corrected chi connectivity index (χ4v) is 2.10. The summed E-state index contributed by atoms with van der Waals surface area (Å²) in [5, 5.41) is 0. The molecule has 1 aliphatic carbocycles. The van der Waals surface area contributed by atoms with Crippen LogP contribution in [0.3, 0.4) is 0 Å². The Labute approximate surface area is 113 Å². The summed E-state index contributed by atoms with van der Waals surface area (Å²) in [6.45, 7) is 0. The van der Waals surface area contributed by atoms with Gasteiger partial charge in [0.25, 0.3) is 19.3 Å². The largest absolute Gasteiger partial charge is 0.332 e. The zero-order valence-electron chi connectivity index (χ0n) is 9.85. The third kappa shape index (κ3) is 1.79. The van der Waals surface area contributed by atoms with E-state index in [1.165, 1.54) is 0 Å².